The number of rotatable bonds is 6. The van der Waals surface area contributed by atoms with Gasteiger partial charge in [0.1, 0.15) is 0 Å². The molecule has 20 heavy (non-hydrogen) atoms. The molecule has 1 aliphatic heterocycles. The van der Waals surface area contributed by atoms with Crippen LogP contribution >= 0.6 is 0 Å². The van der Waals surface area contributed by atoms with Gasteiger partial charge in [-0.2, -0.15) is 0 Å². The summed E-state index contributed by atoms with van der Waals surface area (Å²) in [5.74, 6) is 0.708. The standard InChI is InChI=1S/C15H23N3O2/c1-17(12-13-5-4-9-16-11-13)10-8-14-6-2-3-7-15(14)18(19)20/h2-3,6-7,13,16H,4-5,8-12H2,1H3. The fourth-order valence-electron chi connectivity index (χ4n) is 2.82. The van der Waals surface area contributed by atoms with Gasteiger partial charge in [-0.25, -0.2) is 0 Å². The molecule has 1 unspecified atom stereocenters. The van der Waals surface area contributed by atoms with E-state index in [1.54, 1.807) is 12.1 Å². The largest absolute Gasteiger partial charge is 0.316 e. The maximum absolute atomic E-state index is 11.0. The summed E-state index contributed by atoms with van der Waals surface area (Å²) in [6.07, 6.45) is 3.26. The van der Waals surface area contributed by atoms with Gasteiger partial charge in [-0.1, -0.05) is 18.2 Å². The lowest BCUT2D eigenvalue weighted by Gasteiger charge is -2.27. The quantitative estimate of drug-likeness (QED) is 0.639. The van der Waals surface area contributed by atoms with E-state index in [1.165, 1.54) is 12.8 Å². The summed E-state index contributed by atoms with van der Waals surface area (Å²) in [6, 6.07) is 7.03. The third kappa shape index (κ3) is 4.28. The number of nitro groups is 1. The number of benzene rings is 1. The number of hydrogen-bond donors (Lipinski definition) is 1. The number of para-hydroxylation sites is 1. The summed E-state index contributed by atoms with van der Waals surface area (Å²) in [5, 5.41) is 14.4. The summed E-state index contributed by atoms with van der Waals surface area (Å²) in [4.78, 5) is 13.0. The summed E-state index contributed by atoms with van der Waals surface area (Å²) >= 11 is 0. The van der Waals surface area contributed by atoms with Crippen molar-refractivity contribution in [2.75, 3.05) is 33.2 Å². The second-order valence-electron chi connectivity index (χ2n) is 5.61. The van der Waals surface area contributed by atoms with Crippen molar-refractivity contribution in [3.05, 3.63) is 39.9 Å². The average molecular weight is 277 g/mol. The molecule has 0 aliphatic carbocycles. The van der Waals surface area contributed by atoms with E-state index in [4.69, 9.17) is 0 Å². The molecule has 0 aromatic heterocycles. The highest BCUT2D eigenvalue weighted by Gasteiger charge is 2.16. The predicted octanol–water partition coefficient (Wildman–Crippen LogP) is 2.07. The maximum Gasteiger partial charge on any atom is 0.272 e. The Bertz CT molecular complexity index is 444. The molecule has 5 nitrogen and oxygen atoms in total. The minimum atomic E-state index is -0.291. The Balaban J connectivity index is 1.83. The van der Waals surface area contributed by atoms with Crippen LogP contribution in [0, 0.1) is 16.0 Å². The lowest BCUT2D eigenvalue weighted by Crippen LogP contribution is -2.37. The molecule has 1 heterocycles. The highest BCUT2D eigenvalue weighted by molar-refractivity contribution is 5.39. The summed E-state index contributed by atoms with van der Waals surface area (Å²) < 4.78 is 0. The van der Waals surface area contributed by atoms with Gasteiger partial charge in [0.05, 0.1) is 4.92 Å². The molecule has 1 saturated heterocycles. The second kappa shape index (κ2) is 7.36. The van der Waals surface area contributed by atoms with Crippen molar-refractivity contribution < 1.29 is 4.92 Å². The van der Waals surface area contributed by atoms with Crippen molar-refractivity contribution in [3.8, 4) is 0 Å². The smallest absolute Gasteiger partial charge is 0.272 e. The van der Waals surface area contributed by atoms with Gasteiger partial charge in [0.15, 0.2) is 0 Å². The SMILES string of the molecule is CN(CCc1ccccc1[N+](=O)[O-])CC1CCCNC1. The third-order valence-electron chi connectivity index (χ3n) is 3.92. The van der Waals surface area contributed by atoms with Crippen molar-refractivity contribution in [3.63, 3.8) is 0 Å². The lowest BCUT2D eigenvalue weighted by molar-refractivity contribution is -0.385. The first-order chi connectivity index (χ1) is 9.66. The highest BCUT2D eigenvalue weighted by Crippen LogP contribution is 2.18. The minimum absolute atomic E-state index is 0.236. The Hall–Kier alpha value is -1.46. The van der Waals surface area contributed by atoms with Gasteiger partial charge >= 0.3 is 0 Å². The maximum atomic E-state index is 11.0. The molecular formula is C15H23N3O2. The molecular weight excluding hydrogens is 254 g/mol. The molecule has 0 bridgehead atoms. The predicted molar refractivity (Wildman–Crippen MR) is 79.9 cm³/mol. The first kappa shape index (κ1) is 14.9. The van der Waals surface area contributed by atoms with Crippen molar-refractivity contribution in [1.29, 1.82) is 0 Å². The molecule has 1 fully saturated rings. The van der Waals surface area contributed by atoms with Gasteiger partial charge in [-0.3, -0.25) is 10.1 Å². The summed E-state index contributed by atoms with van der Waals surface area (Å²) in [5.41, 5.74) is 1.06. The molecule has 0 amide bonds. The topological polar surface area (TPSA) is 58.4 Å². The van der Waals surface area contributed by atoms with Crippen molar-refractivity contribution in [2.45, 2.75) is 19.3 Å². The number of piperidine rings is 1. The average Bonchev–Trinajstić information content (AvgIpc) is 2.46. The van der Waals surface area contributed by atoms with Gasteiger partial charge in [0, 0.05) is 24.7 Å². The van der Waals surface area contributed by atoms with Crippen LogP contribution in [0.15, 0.2) is 24.3 Å². The number of nitrogens with one attached hydrogen (secondary N) is 1. The zero-order valence-electron chi connectivity index (χ0n) is 12.0. The normalized spacial score (nSPS) is 19.2. The van der Waals surface area contributed by atoms with Crippen LogP contribution < -0.4 is 5.32 Å². The molecule has 1 aromatic rings. The number of nitrogens with zero attached hydrogens (tertiary/aromatic N) is 2. The lowest BCUT2D eigenvalue weighted by atomic mass is 9.99. The van der Waals surface area contributed by atoms with E-state index in [0.717, 1.165) is 38.2 Å². The van der Waals surface area contributed by atoms with Crippen molar-refractivity contribution in [1.82, 2.24) is 10.2 Å². The Morgan fingerprint density at radius 3 is 2.95 bits per heavy atom. The zero-order valence-corrected chi connectivity index (χ0v) is 12.0. The van der Waals surface area contributed by atoms with Crippen molar-refractivity contribution >= 4 is 5.69 Å². The Kier molecular flexibility index (Phi) is 5.49. The van der Waals surface area contributed by atoms with Gasteiger partial charge in [0.25, 0.3) is 5.69 Å². The molecule has 1 aromatic carbocycles. The molecule has 0 radical (unpaired) electrons. The van der Waals surface area contributed by atoms with E-state index < -0.39 is 0 Å². The minimum Gasteiger partial charge on any atom is -0.316 e. The Labute approximate surface area is 120 Å². The monoisotopic (exact) mass is 277 g/mol. The third-order valence-corrected chi connectivity index (χ3v) is 3.92. The van der Waals surface area contributed by atoms with Gasteiger partial charge in [0.2, 0.25) is 0 Å². The fraction of sp³-hybridized carbons (Fsp3) is 0.600. The molecule has 5 heteroatoms. The van der Waals surface area contributed by atoms with Crippen LogP contribution in [0.4, 0.5) is 5.69 Å². The van der Waals surface area contributed by atoms with E-state index >= 15 is 0 Å². The molecule has 110 valence electrons. The Morgan fingerprint density at radius 2 is 2.25 bits per heavy atom. The van der Waals surface area contributed by atoms with E-state index in [0.29, 0.717) is 5.92 Å². The Morgan fingerprint density at radius 1 is 1.45 bits per heavy atom. The molecule has 0 saturated carbocycles. The van der Waals surface area contributed by atoms with Crippen LogP contribution in [0.1, 0.15) is 18.4 Å². The molecule has 1 aliphatic rings. The fourth-order valence-corrected chi connectivity index (χ4v) is 2.82. The van der Waals surface area contributed by atoms with Crippen LogP contribution in [0.25, 0.3) is 0 Å². The molecule has 2 rings (SSSR count). The zero-order chi connectivity index (χ0) is 14.4. The van der Waals surface area contributed by atoms with E-state index in [1.807, 2.05) is 12.1 Å². The van der Waals surface area contributed by atoms with Crippen LogP contribution in [-0.4, -0.2) is 43.0 Å². The van der Waals surface area contributed by atoms with Crippen LogP contribution in [-0.2, 0) is 6.42 Å². The first-order valence-electron chi connectivity index (χ1n) is 7.28. The van der Waals surface area contributed by atoms with Gasteiger partial charge in [-0.05, 0) is 45.3 Å². The molecule has 0 spiro atoms. The van der Waals surface area contributed by atoms with Crippen molar-refractivity contribution in [2.24, 2.45) is 5.92 Å². The van der Waals surface area contributed by atoms with Gasteiger partial charge in [-0.15, -0.1) is 0 Å². The van der Waals surface area contributed by atoms with E-state index in [9.17, 15) is 10.1 Å². The van der Waals surface area contributed by atoms with E-state index in [2.05, 4.69) is 17.3 Å². The molecule has 1 atom stereocenters. The van der Waals surface area contributed by atoms with Gasteiger partial charge < -0.3 is 10.2 Å². The van der Waals surface area contributed by atoms with Crippen LogP contribution in [0.2, 0.25) is 0 Å². The number of likely N-dealkylation sites (N-methyl/N-ethyl adjacent to an activating group) is 1. The molecule has 1 N–H and O–H groups in total. The summed E-state index contributed by atoms with van der Waals surface area (Å²) in [6.45, 7) is 4.15. The van der Waals surface area contributed by atoms with Crippen LogP contribution in [0.5, 0.6) is 0 Å². The number of nitro benzene ring substituents is 1. The highest BCUT2D eigenvalue weighted by atomic mass is 16.6. The summed E-state index contributed by atoms with van der Waals surface area (Å²) in [7, 11) is 2.10. The van der Waals surface area contributed by atoms with E-state index in [-0.39, 0.29) is 10.6 Å². The first-order valence-corrected chi connectivity index (χ1v) is 7.28. The second-order valence-corrected chi connectivity index (χ2v) is 5.61. The van der Waals surface area contributed by atoms with Crippen LogP contribution in [0.3, 0.4) is 0 Å². The number of hydrogen-bond acceptors (Lipinski definition) is 4.